The Morgan fingerprint density at radius 1 is 1.11 bits per heavy atom. The minimum atomic E-state index is -3.86. The number of rotatable bonds is 8. The highest BCUT2D eigenvalue weighted by Gasteiger charge is 2.36. The zero-order chi connectivity index (χ0) is 20.4. The van der Waals surface area contributed by atoms with E-state index < -0.39 is 15.6 Å². The van der Waals surface area contributed by atoms with Crippen molar-refractivity contribution in [1.29, 1.82) is 0 Å². The first-order chi connectivity index (χ1) is 12.4. The summed E-state index contributed by atoms with van der Waals surface area (Å²) in [5.74, 6) is 0.366. The number of amides is 1. The fraction of sp³-hybridized carbons (Fsp3) is 0.550. The van der Waals surface area contributed by atoms with Crippen LogP contribution in [0.2, 0.25) is 0 Å². The second-order valence-corrected chi connectivity index (χ2v) is 10.0. The first-order valence-electron chi connectivity index (χ1n) is 9.23. The lowest BCUT2D eigenvalue weighted by atomic mass is 10.0. The van der Waals surface area contributed by atoms with Gasteiger partial charge in [0.15, 0.2) is 0 Å². The summed E-state index contributed by atoms with van der Waals surface area (Å²) >= 11 is 0. The molecule has 0 saturated carbocycles. The fourth-order valence-corrected chi connectivity index (χ4v) is 4.47. The van der Waals surface area contributed by atoms with E-state index in [2.05, 4.69) is 4.72 Å². The van der Waals surface area contributed by atoms with Gasteiger partial charge in [-0.2, -0.15) is 4.72 Å². The Morgan fingerprint density at radius 3 is 2.26 bits per heavy atom. The van der Waals surface area contributed by atoms with E-state index in [0.29, 0.717) is 35.9 Å². The highest BCUT2D eigenvalue weighted by Crippen LogP contribution is 2.22. The number of hydrogen-bond acceptors (Lipinski definition) is 4. The van der Waals surface area contributed by atoms with Crippen LogP contribution in [0.5, 0.6) is 0 Å². The lowest BCUT2D eigenvalue weighted by molar-refractivity contribution is -0.137. The van der Waals surface area contributed by atoms with Crippen molar-refractivity contribution in [2.45, 2.75) is 52.0 Å². The van der Waals surface area contributed by atoms with E-state index in [0.717, 1.165) is 0 Å². The topological polar surface area (TPSA) is 79.6 Å². The summed E-state index contributed by atoms with van der Waals surface area (Å²) in [6.07, 6.45) is 1.51. The van der Waals surface area contributed by atoms with Gasteiger partial charge in [-0.3, -0.25) is 4.79 Å². The number of nitrogens with zero attached hydrogens (tertiary/aromatic N) is 1. The molecule has 0 saturated heterocycles. The molecule has 0 atom stereocenters. The van der Waals surface area contributed by atoms with Crippen molar-refractivity contribution in [2.75, 3.05) is 13.1 Å². The Balaban J connectivity index is 2.26. The first-order valence-corrected chi connectivity index (χ1v) is 10.7. The molecule has 27 heavy (non-hydrogen) atoms. The normalized spacial score (nSPS) is 12.9. The molecule has 0 spiro atoms. The number of benzene rings is 1. The van der Waals surface area contributed by atoms with Crippen LogP contribution in [0.25, 0.3) is 11.0 Å². The van der Waals surface area contributed by atoms with Crippen molar-refractivity contribution in [3.05, 3.63) is 30.5 Å². The molecule has 0 fully saturated rings. The molecule has 1 aromatic heterocycles. The maximum atomic E-state index is 13.1. The summed E-state index contributed by atoms with van der Waals surface area (Å²) in [6.45, 7) is 12.5. The molecule has 0 aliphatic carbocycles. The molecule has 150 valence electrons. The molecular weight excluding hydrogens is 364 g/mol. The lowest BCUT2D eigenvalue weighted by Crippen LogP contribution is -2.56. The maximum Gasteiger partial charge on any atom is 0.243 e. The van der Waals surface area contributed by atoms with E-state index in [1.54, 1.807) is 36.9 Å². The molecule has 2 rings (SSSR count). The second kappa shape index (κ2) is 8.02. The molecule has 0 radical (unpaired) electrons. The standard InChI is InChI=1S/C20H30N2O4S/c1-14(2)12-22(13-15(3)4)19(23)20(5,6)21-27(24,25)17-7-8-18-16(11-17)9-10-26-18/h7-11,14-15,21H,12-13H2,1-6H3. The summed E-state index contributed by atoms with van der Waals surface area (Å²) in [7, 11) is -3.86. The van der Waals surface area contributed by atoms with Crippen LogP contribution in [-0.4, -0.2) is 37.9 Å². The van der Waals surface area contributed by atoms with Gasteiger partial charge in [0.2, 0.25) is 15.9 Å². The largest absolute Gasteiger partial charge is 0.464 e. The monoisotopic (exact) mass is 394 g/mol. The van der Waals surface area contributed by atoms with Gasteiger partial charge in [0.1, 0.15) is 11.1 Å². The predicted octanol–water partition coefficient (Wildman–Crippen LogP) is 3.63. The minimum Gasteiger partial charge on any atom is -0.464 e. The fourth-order valence-electron chi connectivity index (χ4n) is 3.07. The lowest BCUT2D eigenvalue weighted by Gasteiger charge is -2.34. The minimum absolute atomic E-state index is 0.108. The van der Waals surface area contributed by atoms with Crippen LogP contribution in [0.15, 0.2) is 39.8 Å². The molecule has 1 heterocycles. The first kappa shape index (κ1) is 21.4. The maximum absolute atomic E-state index is 13.1. The van der Waals surface area contributed by atoms with E-state index in [1.807, 2.05) is 27.7 Å². The number of nitrogens with one attached hydrogen (secondary N) is 1. The van der Waals surface area contributed by atoms with E-state index in [9.17, 15) is 13.2 Å². The molecule has 1 amide bonds. The third-order valence-corrected chi connectivity index (χ3v) is 5.77. The quantitative estimate of drug-likeness (QED) is 0.741. The van der Waals surface area contributed by atoms with Crippen molar-refractivity contribution in [3.63, 3.8) is 0 Å². The van der Waals surface area contributed by atoms with E-state index in [1.165, 1.54) is 12.3 Å². The smallest absolute Gasteiger partial charge is 0.243 e. The highest BCUT2D eigenvalue weighted by molar-refractivity contribution is 7.89. The van der Waals surface area contributed by atoms with E-state index in [4.69, 9.17) is 4.42 Å². The molecule has 0 aliphatic rings. The molecule has 0 aliphatic heterocycles. The Hall–Kier alpha value is -1.86. The molecular formula is C20H30N2O4S. The van der Waals surface area contributed by atoms with Gasteiger partial charge >= 0.3 is 0 Å². The van der Waals surface area contributed by atoms with Crippen molar-refractivity contribution in [2.24, 2.45) is 11.8 Å². The third-order valence-electron chi connectivity index (χ3n) is 4.12. The van der Waals surface area contributed by atoms with Crippen LogP contribution in [0.1, 0.15) is 41.5 Å². The Bertz CT molecular complexity index is 888. The Kier molecular flexibility index (Phi) is 6.37. The number of fused-ring (bicyclic) bond motifs is 1. The zero-order valence-electron chi connectivity index (χ0n) is 16.9. The molecule has 1 N–H and O–H groups in total. The van der Waals surface area contributed by atoms with Gasteiger partial charge in [-0.1, -0.05) is 27.7 Å². The van der Waals surface area contributed by atoms with Crippen LogP contribution in [0, 0.1) is 11.8 Å². The Morgan fingerprint density at radius 2 is 1.70 bits per heavy atom. The Labute approximate surface area is 162 Å². The van der Waals surface area contributed by atoms with Crippen molar-refractivity contribution >= 4 is 26.9 Å². The number of carbonyl (C=O) groups excluding carboxylic acids is 1. The van der Waals surface area contributed by atoms with Crippen LogP contribution < -0.4 is 4.72 Å². The van der Waals surface area contributed by atoms with Crippen molar-refractivity contribution in [1.82, 2.24) is 9.62 Å². The summed E-state index contributed by atoms with van der Waals surface area (Å²) in [6, 6.07) is 6.34. The second-order valence-electron chi connectivity index (χ2n) is 8.35. The SMILES string of the molecule is CC(C)CN(CC(C)C)C(=O)C(C)(C)NS(=O)(=O)c1ccc2occc2c1. The summed E-state index contributed by atoms with van der Waals surface area (Å²) in [5, 5.41) is 0.697. The van der Waals surface area contributed by atoms with Gasteiger partial charge in [-0.05, 0) is 49.9 Å². The number of hydrogen-bond donors (Lipinski definition) is 1. The number of furan rings is 1. The van der Waals surface area contributed by atoms with Crippen LogP contribution in [0.3, 0.4) is 0 Å². The molecule has 1 aromatic carbocycles. The van der Waals surface area contributed by atoms with Crippen molar-refractivity contribution < 1.29 is 17.6 Å². The molecule has 7 heteroatoms. The molecule has 0 unspecified atom stereocenters. The predicted molar refractivity (Wildman–Crippen MR) is 107 cm³/mol. The van der Waals surface area contributed by atoms with Gasteiger partial charge in [0, 0.05) is 18.5 Å². The highest BCUT2D eigenvalue weighted by atomic mass is 32.2. The molecule has 6 nitrogen and oxygen atoms in total. The third kappa shape index (κ3) is 5.32. The summed E-state index contributed by atoms with van der Waals surface area (Å²) in [4.78, 5) is 15.0. The average Bonchev–Trinajstić information content (AvgIpc) is 2.99. The van der Waals surface area contributed by atoms with Gasteiger partial charge in [-0.25, -0.2) is 8.42 Å². The van der Waals surface area contributed by atoms with Crippen molar-refractivity contribution in [3.8, 4) is 0 Å². The molecule has 0 bridgehead atoms. The molecule has 2 aromatic rings. The van der Waals surface area contributed by atoms with Crippen LogP contribution in [0.4, 0.5) is 0 Å². The average molecular weight is 395 g/mol. The van der Waals surface area contributed by atoms with E-state index in [-0.39, 0.29) is 10.8 Å². The summed E-state index contributed by atoms with van der Waals surface area (Å²) < 4.78 is 33.6. The van der Waals surface area contributed by atoms with Gasteiger partial charge in [0.25, 0.3) is 0 Å². The van der Waals surface area contributed by atoms with Gasteiger partial charge < -0.3 is 9.32 Å². The van der Waals surface area contributed by atoms with Crippen LogP contribution in [-0.2, 0) is 14.8 Å². The van der Waals surface area contributed by atoms with E-state index >= 15 is 0 Å². The number of sulfonamides is 1. The van der Waals surface area contributed by atoms with Gasteiger partial charge in [0.05, 0.1) is 11.2 Å². The summed E-state index contributed by atoms with van der Waals surface area (Å²) in [5.41, 5.74) is -0.641. The number of carbonyl (C=O) groups is 1. The van der Waals surface area contributed by atoms with Gasteiger partial charge in [-0.15, -0.1) is 0 Å². The van der Waals surface area contributed by atoms with Crippen LogP contribution >= 0.6 is 0 Å². The zero-order valence-corrected chi connectivity index (χ0v) is 17.8.